The van der Waals surface area contributed by atoms with Crippen LogP contribution in [0.25, 0.3) is 0 Å². The summed E-state index contributed by atoms with van der Waals surface area (Å²) in [6.45, 7) is 3.89. The van der Waals surface area contributed by atoms with Gasteiger partial charge >= 0.3 is 5.97 Å². The van der Waals surface area contributed by atoms with Crippen molar-refractivity contribution in [1.29, 1.82) is 0 Å². The molecule has 0 amide bonds. The largest absolute Gasteiger partial charge is 0.481 e. The molecule has 0 aromatic heterocycles. The molecule has 1 unspecified atom stereocenters. The number of aliphatic carboxylic acids is 1. The maximum Gasteiger partial charge on any atom is 0.309 e. The Morgan fingerprint density at radius 2 is 1.72 bits per heavy atom. The Bertz CT molecular complexity index is 446. The topological polar surface area (TPSA) is 37.3 Å². The van der Waals surface area contributed by atoms with E-state index in [4.69, 9.17) is 5.11 Å². The lowest BCUT2D eigenvalue weighted by molar-refractivity contribution is -0.238. The lowest BCUT2D eigenvalue weighted by Crippen LogP contribution is -2.59. The van der Waals surface area contributed by atoms with Gasteiger partial charge in [0.05, 0.1) is 5.92 Å². The fourth-order valence-electron chi connectivity index (χ4n) is 5.37. The Morgan fingerprint density at radius 3 is 2.24 bits per heavy atom. The van der Waals surface area contributed by atoms with E-state index in [9.17, 15) is 9.18 Å². The van der Waals surface area contributed by atoms with Crippen LogP contribution in [-0.4, -0.2) is 23.2 Å². The number of rotatable bonds is 7. The molecule has 0 aromatic carbocycles. The first-order valence-corrected chi connectivity index (χ1v) is 10.0. The van der Waals surface area contributed by atoms with Crippen LogP contribution in [0.4, 0.5) is 13.2 Å². The summed E-state index contributed by atoms with van der Waals surface area (Å²) >= 11 is 0. The summed E-state index contributed by atoms with van der Waals surface area (Å²) in [5.74, 6) is -6.13. The monoisotopic (exact) mass is 362 g/mol. The van der Waals surface area contributed by atoms with Gasteiger partial charge in [-0.25, -0.2) is 13.2 Å². The summed E-state index contributed by atoms with van der Waals surface area (Å²) in [5.41, 5.74) is -1.37. The summed E-state index contributed by atoms with van der Waals surface area (Å²) in [6.07, 6.45) is 5.93. The minimum Gasteiger partial charge on any atom is -0.481 e. The molecule has 146 valence electrons. The summed E-state index contributed by atoms with van der Waals surface area (Å²) in [4.78, 5) is 11.1. The van der Waals surface area contributed by atoms with Crippen LogP contribution in [-0.2, 0) is 4.79 Å². The van der Waals surface area contributed by atoms with E-state index in [0.717, 1.165) is 25.7 Å². The van der Waals surface area contributed by atoms with Crippen LogP contribution < -0.4 is 0 Å². The summed E-state index contributed by atoms with van der Waals surface area (Å²) in [5, 5.41) is 9.06. The Balaban J connectivity index is 2.07. The number of carboxylic acid groups (broad SMARTS) is 1. The fraction of sp³-hybridized carbons (Fsp3) is 0.950. The highest BCUT2D eigenvalue weighted by molar-refractivity contribution is 5.71. The van der Waals surface area contributed by atoms with Crippen LogP contribution in [0.15, 0.2) is 0 Å². The third kappa shape index (κ3) is 3.85. The van der Waals surface area contributed by atoms with E-state index in [1.807, 2.05) is 0 Å². The minimum atomic E-state index is -3.55. The molecule has 2 fully saturated rings. The molecule has 2 aliphatic carbocycles. The van der Waals surface area contributed by atoms with Gasteiger partial charge < -0.3 is 5.11 Å². The number of hydrogen-bond acceptors (Lipinski definition) is 1. The summed E-state index contributed by atoms with van der Waals surface area (Å²) < 4.78 is 44.5. The molecule has 0 radical (unpaired) electrons. The predicted molar refractivity (Wildman–Crippen MR) is 92.5 cm³/mol. The van der Waals surface area contributed by atoms with Gasteiger partial charge in [-0.15, -0.1) is 0 Å². The lowest BCUT2D eigenvalue weighted by atomic mass is 9.55. The van der Waals surface area contributed by atoms with Crippen LogP contribution in [0, 0.1) is 23.2 Å². The SMILES string of the molecule is CCCCC[C@H]1CC[C@H]([C@]2(CC)CC[C@@H](C(=O)O)C(F)C2(F)F)CC1. The van der Waals surface area contributed by atoms with Crippen LogP contribution >= 0.6 is 0 Å². The number of halogens is 3. The molecule has 5 heteroatoms. The van der Waals surface area contributed by atoms with Crippen molar-refractivity contribution >= 4 is 5.97 Å². The first kappa shape index (κ1) is 20.6. The van der Waals surface area contributed by atoms with Crippen molar-refractivity contribution in [2.75, 3.05) is 0 Å². The lowest BCUT2D eigenvalue weighted by Gasteiger charge is -2.52. The Morgan fingerprint density at radius 1 is 1.08 bits per heavy atom. The number of unbranched alkanes of at least 4 members (excludes halogenated alkanes) is 2. The van der Waals surface area contributed by atoms with Crippen molar-refractivity contribution in [3.8, 4) is 0 Å². The average molecular weight is 362 g/mol. The molecule has 2 saturated carbocycles. The van der Waals surface area contributed by atoms with E-state index in [1.54, 1.807) is 6.92 Å². The Labute approximate surface area is 149 Å². The zero-order chi connectivity index (χ0) is 18.7. The molecule has 0 heterocycles. The van der Waals surface area contributed by atoms with Crippen LogP contribution in [0.1, 0.15) is 84.5 Å². The van der Waals surface area contributed by atoms with Gasteiger partial charge in [0.1, 0.15) is 0 Å². The minimum absolute atomic E-state index is 0.0242. The quantitative estimate of drug-likeness (QED) is 0.545. The molecule has 0 aromatic rings. The second-order valence-electron chi connectivity index (χ2n) is 8.23. The molecule has 0 spiro atoms. The molecule has 3 atom stereocenters. The van der Waals surface area contributed by atoms with E-state index in [1.165, 1.54) is 25.7 Å². The van der Waals surface area contributed by atoms with E-state index >= 15 is 8.78 Å². The number of carboxylic acids is 1. The van der Waals surface area contributed by atoms with Crippen molar-refractivity contribution in [3.05, 3.63) is 0 Å². The summed E-state index contributed by atoms with van der Waals surface area (Å²) in [7, 11) is 0. The highest BCUT2D eigenvalue weighted by Gasteiger charge is 2.66. The number of carbonyl (C=O) groups is 1. The van der Waals surface area contributed by atoms with Gasteiger partial charge in [-0.2, -0.15) is 0 Å². The first-order valence-electron chi connectivity index (χ1n) is 10.0. The smallest absolute Gasteiger partial charge is 0.309 e. The molecule has 1 N–H and O–H groups in total. The maximum atomic E-state index is 15.0. The van der Waals surface area contributed by atoms with Crippen molar-refractivity contribution in [1.82, 2.24) is 0 Å². The highest BCUT2D eigenvalue weighted by atomic mass is 19.3. The summed E-state index contributed by atoms with van der Waals surface area (Å²) in [6, 6.07) is 0. The molecule has 2 aliphatic rings. The molecule has 25 heavy (non-hydrogen) atoms. The zero-order valence-corrected chi connectivity index (χ0v) is 15.6. The van der Waals surface area contributed by atoms with E-state index in [0.29, 0.717) is 5.92 Å². The predicted octanol–water partition coefficient (Wildman–Crippen LogP) is 6.24. The van der Waals surface area contributed by atoms with Crippen LogP contribution in [0.5, 0.6) is 0 Å². The van der Waals surface area contributed by atoms with Gasteiger partial charge in [0.2, 0.25) is 0 Å². The van der Waals surface area contributed by atoms with E-state index < -0.39 is 29.4 Å². The Kier molecular flexibility index (Phi) is 6.83. The second kappa shape index (κ2) is 8.30. The Hall–Kier alpha value is -0.740. The normalized spacial score (nSPS) is 38.4. The van der Waals surface area contributed by atoms with Gasteiger partial charge in [0, 0.05) is 5.41 Å². The van der Waals surface area contributed by atoms with Gasteiger partial charge in [-0.1, -0.05) is 52.4 Å². The molecular weight excluding hydrogens is 329 g/mol. The van der Waals surface area contributed by atoms with Gasteiger partial charge in [-0.3, -0.25) is 4.79 Å². The molecule has 2 nitrogen and oxygen atoms in total. The molecule has 2 rings (SSSR count). The van der Waals surface area contributed by atoms with Crippen molar-refractivity contribution < 1.29 is 23.1 Å². The third-order valence-electron chi connectivity index (χ3n) is 7.06. The van der Waals surface area contributed by atoms with Crippen LogP contribution in [0.2, 0.25) is 0 Å². The van der Waals surface area contributed by atoms with Crippen molar-refractivity contribution in [3.63, 3.8) is 0 Å². The van der Waals surface area contributed by atoms with E-state index in [2.05, 4.69) is 6.92 Å². The first-order chi connectivity index (χ1) is 11.8. The van der Waals surface area contributed by atoms with Gasteiger partial charge in [0.25, 0.3) is 5.92 Å². The van der Waals surface area contributed by atoms with Gasteiger partial charge in [0.15, 0.2) is 6.17 Å². The van der Waals surface area contributed by atoms with E-state index in [-0.39, 0.29) is 25.2 Å². The van der Waals surface area contributed by atoms with Crippen molar-refractivity contribution in [2.24, 2.45) is 23.2 Å². The maximum absolute atomic E-state index is 15.0. The molecule has 0 bridgehead atoms. The number of hydrogen-bond donors (Lipinski definition) is 1. The van der Waals surface area contributed by atoms with Gasteiger partial charge in [-0.05, 0) is 43.9 Å². The zero-order valence-electron chi connectivity index (χ0n) is 15.6. The average Bonchev–Trinajstić information content (AvgIpc) is 2.58. The molecular formula is C20H33F3O2. The van der Waals surface area contributed by atoms with Crippen LogP contribution in [0.3, 0.4) is 0 Å². The highest BCUT2D eigenvalue weighted by Crippen LogP contribution is 2.60. The number of alkyl halides is 3. The fourth-order valence-corrected chi connectivity index (χ4v) is 5.37. The molecule has 0 aliphatic heterocycles. The second-order valence-corrected chi connectivity index (χ2v) is 8.23. The molecule has 0 saturated heterocycles. The standard InChI is InChI=1S/C20H33F3O2/c1-3-5-6-7-14-8-10-15(11-9-14)19(4-2)13-12-16(18(24)25)17(21)20(19,22)23/h14-17H,3-13H2,1-2H3,(H,24,25)/t14-,15-,16-,17?,19+/m1/s1. The van der Waals surface area contributed by atoms with Crippen molar-refractivity contribution in [2.45, 2.75) is 96.6 Å². The third-order valence-corrected chi connectivity index (χ3v) is 7.06.